The molecule has 0 aromatic heterocycles. The maximum atomic E-state index is 5.94. The van der Waals surface area contributed by atoms with Gasteiger partial charge in [0, 0.05) is 5.69 Å². The summed E-state index contributed by atoms with van der Waals surface area (Å²) in [5, 5.41) is 5.56. The lowest BCUT2D eigenvalue weighted by Gasteiger charge is -2.06. The van der Waals surface area contributed by atoms with Crippen LogP contribution in [0.4, 0.5) is 5.69 Å². The Morgan fingerprint density at radius 2 is 1.65 bits per heavy atom. The van der Waals surface area contributed by atoms with E-state index in [1.807, 2.05) is 36.4 Å². The van der Waals surface area contributed by atoms with Crippen molar-refractivity contribution in [2.45, 2.75) is 13.5 Å². The number of rotatable bonds is 3. The fraction of sp³-hybridized carbons (Fsp3) is 0.105. The second kappa shape index (κ2) is 7.97. The van der Waals surface area contributed by atoms with Gasteiger partial charge in [0.05, 0.1) is 6.54 Å². The molecule has 3 aromatic carbocycles. The van der Waals surface area contributed by atoms with Crippen LogP contribution in [0.2, 0.25) is 0 Å². The molecule has 0 radical (unpaired) electrons. The van der Waals surface area contributed by atoms with E-state index in [4.69, 9.17) is 5.73 Å². The van der Waals surface area contributed by atoms with E-state index in [2.05, 4.69) is 47.6 Å². The Bertz CT molecular complexity index is 810. The summed E-state index contributed by atoms with van der Waals surface area (Å²) in [6.45, 7) is 2.62. The summed E-state index contributed by atoms with van der Waals surface area (Å²) in [5.74, 6) is 0.428. The van der Waals surface area contributed by atoms with Gasteiger partial charge < -0.3 is 11.1 Å². The molecule has 3 nitrogen and oxygen atoms in total. The van der Waals surface area contributed by atoms with Gasteiger partial charge in [-0.2, -0.15) is 0 Å². The molecule has 0 bridgehead atoms. The maximum Gasteiger partial charge on any atom is 0.193 e. The Hall–Kier alpha value is -2.08. The van der Waals surface area contributed by atoms with Gasteiger partial charge in [-0.15, -0.1) is 24.0 Å². The first-order valence-electron chi connectivity index (χ1n) is 7.32. The summed E-state index contributed by atoms with van der Waals surface area (Å²) in [6, 6.07) is 22.7. The molecule has 118 valence electrons. The number of anilines is 1. The lowest BCUT2D eigenvalue weighted by Crippen LogP contribution is -2.22. The third kappa shape index (κ3) is 4.69. The van der Waals surface area contributed by atoms with Crippen molar-refractivity contribution in [3.63, 3.8) is 0 Å². The quantitative estimate of drug-likeness (QED) is 0.369. The standard InChI is InChI=1S/C19H19N3.HI/c1-14-6-10-18(11-7-14)22-19(20)21-13-15-8-9-16-4-2-3-5-17(16)12-15;/h2-12H,13H2,1H3,(H3,20,21,22);1H. The molecule has 0 aliphatic rings. The van der Waals surface area contributed by atoms with Gasteiger partial charge in [-0.1, -0.05) is 54.1 Å². The number of halogens is 1. The average molecular weight is 417 g/mol. The van der Waals surface area contributed by atoms with Gasteiger partial charge in [-0.25, -0.2) is 4.99 Å². The SMILES string of the molecule is Cc1ccc(NC(N)=NCc2ccc3ccccc3c2)cc1.I. The van der Waals surface area contributed by atoms with Crippen molar-refractivity contribution in [3.05, 3.63) is 77.9 Å². The van der Waals surface area contributed by atoms with Gasteiger partial charge in [0.25, 0.3) is 0 Å². The monoisotopic (exact) mass is 417 g/mol. The molecule has 3 N–H and O–H groups in total. The van der Waals surface area contributed by atoms with Crippen molar-refractivity contribution in [1.82, 2.24) is 0 Å². The van der Waals surface area contributed by atoms with Crippen LogP contribution in [0, 0.1) is 6.92 Å². The Kier molecular flexibility index (Phi) is 5.98. The molecule has 23 heavy (non-hydrogen) atoms. The summed E-state index contributed by atoms with van der Waals surface area (Å²) < 4.78 is 0. The number of guanidine groups is 1. The summed E-state index contributed by atoms with van der Waals surface area (Å²) in [4.78, 5) is 4.40. The van der Waals surface area contributed by atoms with Gasteiger partial charge in [0.2, 0.25) is 0 Å². The topological polar surface area (TPSA) is 50.4 Å². The number of nitrogens with zero attached hydrogens (tertiary/aromatic N) is 1. The van der Waals surface area contributed by atoms with E-state index in [9.17, 15) is 0 Å². The van der Waals surface area contributed by atoms with Gasteiger partial charge in [-0.05, 0) is 41.5 Å². The Morgan fingerprint density at radius 3 is 2.39 bits per heavy atom. The highest BCUT2D eigenvalue weighted by atomic mass is 127. The minimum Gasteiger partial charge on any atom is -0.370 e. The van der Waals surface area contributed by atoms with E-state index in [0.29, 0.717) is 12.5 Å². The van der Waals surface area contributed by atoms with E-state index >= 15 is 0 Å². The van der Waals surface area contributed by atoms with Crippen LogP contribution in [-0.4, -0.2) is 5.96 Å². The fourth-order valence-corrected chi connectivity index (χ4v) is 2.34. The van der Waals surface area contributed by atoms with E-state index in [-0.39, 0.29) is 24.0 Å². The Balaban J connectivity index is 0.00000192. The molecule has 4 heteroatoms. The number of hydrogen-bond acceptors (Lipinski definition) is 1. The Labute approximate surface area is 153 Å². The van der Waals surface area contributed by atoms with Crippen LogP contribution >= 0.6 is 24.0 Å². The summed E-state index contributed by atoms with van der Waals surface area (Å²) in [6.07, 6.45) is 0. The first-order valence-corrected chi connectivity index (χ1v) is 7.32. The number of benzene rings is 3. The number of nitrogens with two attached hydrogens (primary N) is 1. The van der Waals surface area contributed by atoms with Crippen molar-refractivity contribution < 1.29 is 0 Å². The maximum absolute atomic E-state index is 5.94. The first kappa shape index (κ1) is 17.3. The van der Waals surface area contributed by atoms with E-state index < -0.39 is 0 Å². The molecule has 3 rings (SSSR count). The minimum absolute atomic E-state index is 0. The largest absolute Gasteiger partial charge is 0.370 e. The molecule has 0 aliphatic carbocycles. The van der Waals surface area contributed by atoms with Gasteiger partial charge >= 0.3 is 0 Å². The number of aliphatic imine (C=N–C) groups is 1. The first-order chi connectivity index (χ1) is 10.7. The van der Waals surface area contributed by atoms with Gasteiger partial charge in [0.1, 0.15) is 0 Å². The molecule has 0 amide bonds. The summed E-state index contributed by atoms with van der Waals surface area (Å²) >= 11 is 0. The predicted molar refractivity (Wildman–Crippen MR) is 109 cm³/mol. The van der Waals surface area contributed by atoms with Crippen LogP contribution in [0.3, 0.4) is 0 Å². The van der Waals surface area contributed by atoms with Crippen LogP contribution < -0.4 is 11.1 Å². The van der Waals surface area contributed by atoms with Crippen LogP contribution in [-0.2, 0) is 6.54 Å². The van der Waals surface area contributed by atoms with Crippen molar-refractivity contribution in [2.75, 3.05) is 5.32 Å². The normalized spacial score (nSPS) is 11.1. The third-order valence-corrected chi connectivity index (χ3v) is 3.57. The smallest absolute Gasteiger partial charge is 0.193 e. The lowest BCUT2D eigenvalue weighted by molar-refractivity contribution is 1.06. The highest BCUT2D eigenvalue weighted by Gasteiger charge is 1.97. The number of fused-ring (bicyclic) bond motifs is 1. The number of aryl methyl sites for hydroxylation is 1. The third-order valence-electron chi connectivity index (χ3n) is 3.57. The molecule has 0 atom stereocenters. The molecule has 0 unspecified atom stereocenters. The highest BCUT2D eigenvalue weighted by molar-refractivity contribution is 14.0. The summed E-state index contributed by atoms with van der Waals surface area (Å²) in [7, 11) is 0. The van der Waals surface area contributed by atoms with E-state index in [1.165, 1.54) is 16.3 Å². The molecular weight excluding hydrogens is 397 g/mol. The molecular formula is C19H20IN3. The van der Waals surface area contributed by atoms with Crippen molar-refractivity contribution in [2.24, 2.45) is 10.7 Å². The molecule has 0 spiro atoms. The van der Waals surface area contributed by atoms with Crippen molar-refractivity contribution in [1.29, 1.82) is 0 Å². The average Bonchev–Trinajstić information content (AvgIpc) is 2.55. The van der Waals surface area contributed by atoms with E-state index in [0.717, 1.165) is 11.3 Å². The highest BCUT2D eigenvalue weighted by Crippen LogP contribution is 2.16. The zero-order valence-electron chi connectivity index (χ0n) is 13.0. The zero-order chi connectivity index (χ0) is 15.4. The van der Waals surface area contributed by atoms with Gasteiger partial charge in [-0.3, -0.25) is 0 Å². The molecule has 0 saturated heterocycles. The molecule has 0 aliphatic heterocycles. The minimum atomic E-state index is 0. The van der Waals surface area contributed by atoms with Crippen molar-refractivity contribution >= 4 is 46.4 Å². The van der Waals surface area contributed by atoms with Crippen molar-refractivity contribution in [3.8, 4) is 0 Å². The molecule has 0 heterocycles. The second-order valence-corrected chi connectivity index (χ2v) is 5.37. The van der Waals surface area contributed by atoms with Crippen LogP contribution in [0.25, 0.3) is 10.8 Å². The van der Waals surface area contributed by atoms with Crippen LogP contribution in [0.1, 0.15) is 11.1 Å². The van der Waals surface area contributed by atoms with Crippen LogP contribution in [0.5, 0.6) is 0 Å². The zero-order valence-corrected chi connectivity index (χ0v) is 15.3. The Morgan fingerprint density at radius 1 is 0.957 bits per heavy atom. The van der Waals surface area contributed by atoms with Crippen LogP contribution in [0.15, 0.2) is 71.7 Å². The lowest BCUT2D eigenvalue weighted by atomic mass is 10.1. The molecule has 0 fully saturated rings. The molecule has 3 aromatic rings. The number of nitrogens with one attached hydrogen (secondary N) is 1. The second-order valence-electron chi connectivity index (χ2n) is 5.37. The van der Waals surface area contributed by atoms with Gasteiger partial charge in [0.15, 0.2) is 5.96 Å². The van der Waals surface area contributed by atoms with E-state index in [1.54, 1.807) is 0 Å². The fourth-order valence-electron chi connectivity index (χ4n) is 2.34. The molecule has 0 saturated carbocycles. The number of hydrogen-bond donors (Lipinski definition) is 2. The summed E-state index contributed by atoms with van der Waals surface area (Å²) in [5.41, 5.74) is 9.26. The predicted octanol–water partition coefficient (Wildman–Crippen LogP) is 4.69.